The number of piperidine rings is 1. The van der Waals surface area contributed by atoms with E-state index in [9.17, 15) is 5.11 Å². The van der Waals surface area contributed by atoms with Crippen LogP contribution >= 0.6 is 0 Å². The molecule has 0 aromatic rings. The summed E-state index contributed by atoms with van der Waals surface area (Å²) >= 11 is 0. The van der Waals surface area contributed by atoms with Gasteiger partial charge in [-0.05, 0) is 32.6 Å². The molecule has 2 N–H and O–H groups in total. The quantitative estimate of drug-likeness (QED) is 0.576. The van der Waals surface area contributed by atoms with Gasteiger partial charge in [-0.1, -0.05) is 58.3 Å². The summed E-state index contributed by atoms with van der Waals surface area (Å²) in [5.74, 6) is 0. The Morgan fingerprint density at radius 3 is 2.42 bits per heavy atom. The number of nitrogens with one attached hydrogen (secondary N) is 1. The molecule has 0 aliphatic carbocycles. The van der Waals surface area contributed by atoms with Crippen LogP contribution in [0.15, 0.2) is 0 Å². The van der Waals surface area contributed by atoms with Gasteiger partial charge in [0.25, 0.3) is 0 Å². The summed E-state index contributed by atoms with van der Waals surface area (Å²) in [5.41, 5.74) is 0. The summed E-state index contributed by atoms with van der Waals surface area (Å²) in [6.45, 7) is 4.52. The fraction of sp³-hybridized carbons (Fsp3) is 1.00. The molecule has 2 nitrogen and oxygen atoms in total. The molecule has 0 spiro atoms. The Bertz CT molecular complexity index is 207. The van der Waals surface area contributed by atoms with Crippen LogP contribution < -0.4 is 5.32 Å². The molecule has 2 heteroatoms. The first-order valence-corrected chi connectivity index (χ1v) is 8.66. The highest BCUT2D eigenvalue weighted by atomic mass is 16.3. The number of unbranched alkanes of at least 4 members (excludes halogenated alkanes) is 6. The molecule has 1 aliphatic rings. The van der Waals surface area contributed by atoms with Crippen molar-refractivity contribution in [3.05, 3.63) is 0 Å². The van der Waals surface area contributed by atoms with E-state index in [1.165, 1.54) is 64.2 Å². The van der Waals surface area contributed by atoms with Gasteiger partial charge in [0.05, 0.1) is 6.10 Å². The van der Waals surface area contributed by atoms with Gasteiger partial charge in [0.15, 0.2) is 0 Å². The number of rotatable bonds is 10. The zero-order valence-corrected chi connectivity index (χ0v) is 13.2. The smallest absolute Gasteiger partial charge is 0.0555 e. The van der Waals surface area contributed by atoms with Crippen LogP contribution in [0.5, 0.6) is 0 Å². The average Bonchev–Trinajstić information content (AvgIpc) is 2.37. The second-order valence-electron chi connectivity index (χ2n) is 6.50. The normalized spacial score (nSPS) is 25.4. The fourth-order valence-corrected chi connectivity index (χ4v) is 3.21. The summed E-state index contributed by atoms with van der Waals surface area (Å²) in [7, 11) is 0. The lowest BCUT2D eigenvalue weighted by molar-refractivity contribution is 0.126. The van der Waals surface area contributed by atoms with Crippen LogP contribution in [0.25, 0.3) is 0 Å². The number of aliphatic hydroxyl groups excluding tert-OH is 1. The van der Waals surface area contributed by atoms with Crippen molar-refractivity contribution in [2.24, 2.45) is 0 Å². The Labute approximate surface area is 120 Å². The largest absolute Gasteiger partial charge is 0.393 e. The summed E-state index contributed by atoms with van der Waals surface area (Å²) < 4.78 is 0. The molecule has 1 fully saturated rings. The van der Waals surface area contributed by atoms with E-state index in [0.717, 1.165) is 12.8 Å². The highest BCUT2D eigenvalue weighted by Gasteiger charge is 2.20. The molecular formula is C17H35NO. The summed E-state index contributed by atoms with van der Waals surface area (Å²) in [5, 5.41) is 13.7. The van der Waals surface area contributed by atoms with Gasteiger partial charge in [-0.2, -0.15) is 0 Å². The van der Waals surface area contributed by atoms with Crippen LogP contribution in [0, 0.1) is 0 Å². The Morgan fingerprint density at radius 2 is 1.74 bits per heavy atom. The lowest BCUT2D eigenvalue weighted by Crippen LogP contribution is -2.42. The van der Waals surface area contributed by atoms with Gasteiger partial charge in [-0.3, -0.25) is 0 Å². The van der Waals surface area contributed by atoms with Crippen LogP contribution in [0.4, 0.5) is 0 Å². The van der Waals surface area contributed by atoms with Crippen molar-refractivity contribution in [1.82, 2.24) is 5.32 Å². The predicted octanol–water partition coefficient (Wildman–Crippen LogP) is 4.41. The van der Waals surface area contributed by atoms with E-state index in [0.29, 0.717) is 12.1 Å². The fourth-order valence-electron chi connectivity index (χ4n) is 3.21. The molecule has 1 aliphatic heterocycles. The maximum atomic E-state index is 10.1. The molecule has 1 rings (SSSR count). The van der Waals surface area contributed by atoms with Gasteiger partial charge < -0.3 is 10.4 Å². The minimum Gasteiger partial charge on any atom is -0.393 e. The molecule has 1 saturated heterocycles. The van der Waals surface area contributed by atoms with E-state index in [-0.39, 0.29) is 6.10 Å². The standard InChI is InChI=1S/C17H35NO/c1-3-4-5-6-7-8-9-13-17(19)14-16-12-10-11-15(2)18-16/h15-19H,3-14H2,1-2H3/t15-,16+,17+/m0/s1. The van der Waals surface area contributed by atoms with Crippen LogP contribution in [0.3, 0.4) is 0 Å². The number of aliphatic hydroxyl groups is 1. The van der Waals surface area contributed by atoms with Crippen LogP contribution in [-0.4, -0.2) is 23.3 Å². The first-order valence-electron chi connectivity index (χ1n) is 8.66. The Balaban J connectivity index is 1.94. The Kier molecular flexibility index (Phi) is 9.54. The highest BCUT2D eigenvalue weighted by molar-refractivity contribution is 4.79. The van der Waals surface area contributed by atoms with Gasteiger partial charge in [-0.25, -0.2) is 0 Å². The zero-order chi connectivity index (χ0) is 13.9. The van der Waals surface area contributed by atoms with E-state index >= 15 is 0 Å². The number of hydrogen-bond donors (Lipinski definition) is 2. The topological polar surface area (TPSA) is 32.3 Å². The number of hydrogen-bond acceptors (Lipinski definition) is 2. The summed E-state index contributed by atoms with van der Waals surface area (Å²) in [4.78, 5) is 0. The first kappa shape index (κ1) is 17.0. The summed E-state index contributed by atoms with van der Waals surface area (Å²) in [6.07, 6.45) is 15.1. The maximum Gasteiger partial charge on any atom is 0.0555 e. The van der Waals surface area contributed by atoms with Gasteiger partial charge >= 0.3 is 0 Å². The minimum absolute atomic E-state index is 0.0848. The third-order valence-corrected chi connectivity index (χ3v) is 4.41. The van der Waals surface area contributed by atoms with Crippen LogP contribution in [-0.2, 0) is 0 Å². The lowest BCUT2D eigenvalue weighted by Gasteiger charge is -2.30. The molecule has 0 aromatic carbocycles. The summed E-state index contributed by atoms with van der Waals surface area (Å²) in [6, 6.07) is 1.20. The SMILES string of the molecule is CCCCCCCCC[C@@H](O)C[C@H]1CCC[C@H](C)N1. The highest BCUT2D eigenvalue weighted by Crippen LogP contribution is 2.18. The zero-order valence-electron chi connectivity index (χ0n) is 13.2. The van der Waals surface area contributed by atoms with Gasteiger partial charge in [0.1, 0.15) is 0 Å². The van der Waals surface area contributed by atoms with Crippen molar-refractivity contribution in [3.63, 3.8) is 0 Å². The van der Waals surface area contributed by atoms with Crippen LogP contribution in [0.1, 0.15) is 90.9 Å². The van der Waals surface area contributed by atoms with Gasteiger partial charge in [0.2, 0.25) is 0 Å². The molecule has 114 valence electrons. The molecule has 19 heavy (non-hydrogen) atoms. The average molecular weight is 269 g/mol. The molecule has 0 aromatic heterocycles. The van der Waals surface area contributed by atoms with Gasteiger partial charge in [0, 0.05) is 12.1 Å². The van der Waals surface area contributed by atoms with Crippen molar-refractivity contribution in [1.29, 1.82) is 0 Å². The molecule has 0 amide bonds. The lowest BCUT2D eigenvalue weighted by atomic mass is 9.94. The van der Waals surface area contributed by atoms with E-state index in [4.69, 9.17) is 0 Å². The first-order chi connectivity index (χ1) is 9.22. The van der Waals surface area contributed by atoms with Crippen molar-refractivity contribution in [2.75, 3.05) is 0 Å². The molecule has 0 bridgehead atoms. The minimum atomic E-state index is -0.0848. The Hall–Kier alpha value is -0.0800. The monoisotopic (exact) mass is 269 g/mol. The van der Waals surface area contributed by atoms with Crippen molar-refractivity contribution < 1.29 is 5.11 Å². The third kappa shape index (κ3) is 8.65. The molecule has 1 heterocycles. The predicted molar refractivity (Wildman–Crippen MR) is 83.5 cm³/mol. The van der Waals surface area contributed by atoms with E-state index < -0.39 is 0 Å². The van der Waals surface area contributed by atoms with E-state index in [1.54, 1.807) is 0 Å². The molecule has 3 atom stereocenters. The second kappa shape index (κ2) is 10.7. The van der Waals surface area contributed by atoms with Crippen molar-refractivity contribution in [3.8, 4) is 0 Å². The maximum absolute atomic E-state index is 10.1. The van der Waals surface area contributed by atoms with E-state index in [2.05, 4.69) is 19.2 Å². The third-order valence-electron chi connectivity index (χ3n) is 4.41. The molecular weight excluding hydrogens is 234 g/mol. The Morgan fingerprint density at radius 1 is 1.05 bits per heavy atom. The molecule has 0 saturated carbocycles. The van der Waals surface area contributed by atoms with Crippen molar-refractivity contribution in [2.45, 2.75) is 109 Å². The molecule has 0 unspecified atom stereocenters. The van der Waals surface area contributed by atoms with Gasteiger partial charge in [-0.15, -0.1) is 0 Å². The second-order valence-corrected chi connectivity index (χ2v) is 6.50. The van der Waals surface area contributed by atoms with E-state index in [1.807, 2.05) is 0 Å². The molecule has 0 radical (unpaired) electrons. The van der Waals surface area contributed by atoms with Crippen molar-refractivity contribution >= 4 is 0 Å². The van der Waals surface area contributed by atoms with Crippen LogP contribution in [0.2, 0.25) is 0 Å².